The number of hydrogen-bond donors (Lipinski definition) is 2. The van der Waals surface area contributed by atoms with Crippen LogP contribution in [0.1, 0.15) is 12.5 Å². The third kappa shape index (κ3) is 4.00. The Labute approximate surface area is 154 Å². The fourth-order valence-corrected chi connectivity index (χ4v) is 3.22. The quantitative estimate of drug-likeness (QED) is 0.479. The van der Waals surface area contributed by atoms with Crippen molar-refractivity contribution in [2.24, 2.45) is 0 Å². The van der Waals surface area contributed by atoms with Crippen LogP contribution < -0.4 is 9.47 Å². The Morgan fingerprint density at radius 1 is 1.27 bits per heavy atom. The van der Waals surface area contributed by atoms with E-state index in [0.29, 0.717) is 28.8 Å². The van der Waals surface area contributed by atoms with Gasteiger partial charge in [0.2, 0.25) is 0 Å². The summed E-state index contributed by atoms with van der Waals surface area (Å²) in [4.78, 5) is 19.3. The van der Waals surface area contributed by atoms with Crippen LogP contribution in [0.25, 0.3) is 17.1 Å². The molecule has 3 rings (SSSR count). The summed E-state index contributed by atoms with van der Waals surface area (Å²) in [5.41, 5.74) is 2.36. The fourth-order valence-electron chi connectivity index (χ4n) is 2.42. The van der Waals surface area contributed by atoms with Crippen LogP contribution in [0.5, 0.6) is 11.5 Å². The molecule has 7 heteroatoms. The number of ether oxygens (including phenoxy) is 2. The first-order valence-corrected chi connectivity index (χ1v) is 8.80. The zero-order valence-electron chi connectivity index (χ0n) is 14.4. The Hall–Kier alpha value is -2.93. The van der Waals surface area contributed by atoms with Crippen molar-refractivity contribution in [3.8, 4) is 11.5 Å². The van der Waals surface area contributed by atoms with Crippen molar-refractivity contribution in [3.05, 3.63) is 52.9 Å². The van der Waals surface area contributed by atoms with Crippen LogP contribution in [0.15, 0.2) is 52.5 Å². The van der Waals surface area contributed by atoms with Crippen LogP contribution in [-0.4, -0.2) is 34.8 Å². The summed E-state index contributed by atoms with van der Waals surface area (Å²) in [6.45, 7) is 2.37. The Bertz CT molecular complexity index is 932. The number of benzene rings is 2. The molecular weight excluding hydrogens is 352 g/mol. The molecule has 134 valence electrons. The first-order valence-electron chi connectivity index (χ1n) is 7.99. The summed E-state index contributed by atoms with van der Waals surface area (Å²) < 4.78 is 10.8. The average Bonchev–Trinajstić information content (AvgIpc) is 3.04. The van der Waals surface area contributed by atoms with Gasteiger partial charge in [0.05, 0.1) is 24.8 Å². The minimum Gasteiger partial charge on any atom is -0.493 e. The molecule has 0 aliphatic carbocycles. The lowest BCUT2D eigenvalue weighted by Gasteiger charge is -2.10. The van der Waals surface area contributed by atoms with Gasteiger partial charge in [0.15, 0.2) is 16.7 Å². The summed E-state index contributed by atoms with van der Waals surface area (Å²) >= 11 is 1.07. The lowest BCUT2D eigenvalue weighted by molar-refractivity contribution is -0.131. The molecule has 6 nitrogen and oxygen atoms in total. The van der Waals surface area contributed by atoms with Gasteiger partial charge in [-0.3, -0.25) is 0 Å². The summed E-state index contributed by atoms with van der Waals surface area (Å²) in [6, 6.07) is 12.8. The van der Waals surface area contributed by atoms with Crippen molar-refractivity contribution >= 4 is 34.8 Å². The van der Waals surface area contributed by atoms with E-state index in [1.165, 1.54) is 0 Å². The molecule has 1 heterocycles. The number of H-pyrrole nitrogens is 1. The smallest absolute Gasteiger partial charge is 0.342 e. The number of aromatic nitrogens is 2. The molecule has 2 aromatic carbocycles. The van der Waals surface area contributed by atoms with E-state index < -0.39 is 5.97 Å². The first kappa shape index (κ1) is 17.9. The van der Waals surface area contributed by atoms with E-state index in [4.69, 9.17) is 9.47 Å². The largest absolute Gasteiger partial charge is 0.493 e. The average molecular weight is 370 g/mol. The van der Waals surface area contributed by atoms with Crippen LogP contribution in [0.3, 0.4) is 0 Å². The molecule has 0 fully saturated rings. The fraction of sp³-hybridized carbons (Fsp3) is 0.158. The number of aliphatic carboxylic acids is 1. The number of nitrogens with one attached hydrogen (secondary N) is 1. The molecule has 0 saturated carbocycles. The van der Waals surface area contributed by atoms with Crippen molar-refractivity contribution in [1.29, 1.82) is 0 Å². The zero-order valence-corrected chi connectivity index (χ0v) is 15.2. The third-order valence-corrected chi connectivity index (χ3v) is 4.47. The topological polar surface area (TPSA) is 84.4 Å². The van der Waals surface area contributed by atoms with Crippen molar-refractivity contribution in [3.63, 3.8) is 0 Å². The van der Waals surface area contributed by atoms with Crippen LogP contribution in [0.2, 0.25) is 0 Å². The molecule has 0 unspecified atom stereocenters. The van der Waals surface area contributed by atoms with E-state index >= 15 is 0 Å². The van der Waals surface area contributed by atoms with E-state index in [2.05, 4.69) is 9.97 Å². The van der Waals surface area contributed by atoms with Gasteiger partial charge in [-0.05, 0) is 54.6 Å². The van der Waals surface area contributed by atoms with E-state index in [0.717, 1.165) is 22.8 Å². The highest BCUT2D eigenvalue weighted by Gasteiger charge is 2.14. The van der Waals surface area contributed by atoms with Gasteiger partial charge in [-0.25, -0.2) is 9.78 Å². The molecule has 0 atom stereocenters. The summed E-state index contributed by atoms with van der Waals surface area (Å²) in [5, 5.41) is 10.1. The van der Waals surface area contributed by atoms with Crippen LogP contribution in [-0.2, 0) is 4.79 Å². The predicted molar refractivity (Wildman–Crippen MR) is 102 cm³/mol. The number of thioether (sulfide) groups is 1. The molecule has 26 heavy (non-hydrogen) atoms. The molecule has 0 radical (unpaired) electrons. The second-order valence-electron chi connectivity index (χ2n) is 5.32. The summed E-state index contributed by atoms with van der Waals surface area (Å²) in [7, 11) is 1.56. The second-order valence-corrected chi connectivity index (χ2v) is 6.35. The number of aromatic amines is 1. The number of carboxylic acids is 1. The number of rotatable bonds is 7. The van der Waals surface area contributed by atoms with E-state index in [1.54, 1.807) is 31.4 Å². The van der Waals surface area contributed by atoms with E-state index in [-0.39, 0.29) is 4.91 Å². The predicted octanol–water partition coefficient (Wildman–Crippen LogP) is 4.19. The minimum atomic E-state index is -1.02. The van der Waals surface area contributed by atoms with Gasteiger partial charge in [0, 0.05) is 0 Å². The number of hydrogen-bond acceptors (Lipinski definition) is 5. The SMILES string of the molecule is CCOc1cc(/C=C(\Sc2nc3ccccc3[nH]2)C(=O)O)ccc1OC. The van der Waals surface area contributed by atoms with Crippen molar-refractivity contribution in [2.75, 3.05) is 13.7 Å². The third-order valence-electron chi connectivity index (χ3n) is 3.57. The second kappa shape index (κ2) is 7.97. The number of carbonyl (C=O) groups is 1. The Balaban J connectivity index is 1.91. The van der Waals surface area contributed by atoms with Crippen LogP contribution in [0, 0.1) is 0 Å². The van der Waals surface area contributed by atoms with Gasteiger partial charge in [0.1, 0.15) is 4.91 Å². The maximum Gasteiger partial charge on any atom is 0.342 e. The van der Waals surface area contributed by atoms with Gasteiger partial charge < -0.3 is 19.6 Å². The van der Waals surface area contributed by atoms with Crippen LogP contribution >= 0.6 is 11.8 Å². The molecule has 0 aliphatic rings. The van der Waals surface area contributed by atoms with Crippen molar-refractivity contribution in [1.82, 2.24) is 9.97 Å². The Kier molecular flexibility index (Phi) is 5.48. The van der Waals surface area contributed by atoms with Crippen molar-refractivity contribution in [2.45, 2.75) is 12.1 Å². The number of methoxy groups -OCH3 is 1. The number of nitrogens with zero attached hydrogens (tertiary/aromatic N) is 1. The molecule has 2 N–H and O–H groups in total. The Morgan fingerprint density at radius 3 is 2.77 bits per heavy atom. The Morgan fingerprint density at radius 2 is 2.08 bits per heavy atom. The minimum absolute atomic E-state index is 0.150. The highest BCUT2D eigenvalue weighted by Crippen LogP contribution is 2.32. The number of carboxylic acid groups (broad SMARTS) is 1. The normalized spacial score (nSPS) is 11.5. The van der Waals surface area contributed by atoms with Crippen molar-refractivity contribution < 1.29 is 19.4 Å². The van der Waals surface area contributed by atoms with Gasteiger partial charge in [-0.1, -0.05) is 18.2 Å². The van der Waals surface area contributed by atoms with Gasteiger partial charge in [-0.2, -0.15) is 0 Å². The summed E-state index contributed by atoms with van der Waals surface area (Å²) in [5.74, 6) is 0.150. The lowest BCUT2D eigenvalue weighted by atomic mass is 10.2. The highest BCUT2D eigenvalue weighted by molar-refractivity contribution is 8.04. The van der Waals surface area contributed by atoms with E-state index in [1.807, 2.05) is 31.2 Å². The number of imidazole rings is 1. The molecule has 0 saturated heterocycles. The first-order chi connectivity index (χ1) is 12.6. The number of para-hydroxylation sites is 2. The molecule has 0 bridgehead atoms. The van der Waals surface area contributed by atoms with Crippen LogP contribution in [0.4, 0.5) is 0 Å². The summed E-state index contributed by atoms with van der Waals surface area (Å²) in [6.07, 6.45) is 1.59. The molecular formula is C19H18N2O4S. The molecule has 0 amide bonds. The molecule has 0 spiro atoms. The maximum absolute atomic E-state index is 11.7. The molecule has 1 aromatic heterocycles. The standard InChI is InChI=1S/C19H18N2O4S/c1-3-25-16-10-12(8-9-15(16)24-2)11-17(18(22)23)26-19-20-13-6-4-5-7-14(13)21-19/h4-11H,3H2,1-2H3,(H,20,21)(H,22,23)/b17-11-. The van der Waals surface area contributed by atoms with Gasteiger partial charge >= 0.3 is 5.97 Å². The lowest BCUT2D eigenvalue weighted by Crippen LogP contribution is -1.98. The maximum atomic E-state index is 11.7. The monoisotopic (exact) mass is 370 g/mol. The zero-order chi connectivity index (χ0) is 18.5. The van der Waals surface area contributed by atoms with Gasteiger partial charge in [0.25, 0.3) is 0 Å². The number of fused-ring (bicyclic) bond motifs is 1. The molecule has 0 aliphatic heterocycles. The molecule has 3 aromatic rings. The van der Waals surface area contributed by atoms with E-state index in [9.17, 15) is 9.90 Å². The highest BCUT2D eigenvalue weighted by atomic mass is 32.2. The van der Waals surface area contributed by atoms with Gasteiger partial charge in [-0.15, -0.1) is 0 Å².